The Morgan fingerprint density at radius 3 is 3.00 bits per heavy atom. The maximum atomic E-state index is 12.6. The number of aliphatic hydroxyl groups is 1. The van der Waals surface area contributed by atoms with Crippen LogP contribution in [0.1, 0.15) is 16.2 Å². The maximum absolute atomic E-state index is 12.6. The van der Waals surface area contributed by atoms with Crippen molar-refractivity contribution in [3.8, 4) is 11.5 Å². The minimum Gasteiger partial charge on any atom is -0.493 e. The van der Waals surface area contributed by atoms with Gasteiger partial charge in [0.1, 0.15) is 6.61 Å². The Labute approximate surface area is 145 Å². The van der Waals surface area contributed by atoms with Crippen LogP contribution in [0.2, 0.25) is 0 Å². The van der Waals surface area contributed by atoms with Gasteiger partial charge < -0.3 is 24.2 Å². The van der Waals surface area contributed by atoms with Gasteiger partial charge in [0.05, 0.1) is 38.7 Å². The van der Waals surface area contributed by atoms with E-state index in [1.54, 1.807) is 24.1 Å². The van der Waals surface area contributed by atoms with Crippen LogP contribution in [-0.2, 0) is 11.3 Å². The molecule has 1 aromatic heterocycles. The average Bonchev–Trinajstić information content (AvgIpc) is 3.15. The van der Waals surface area contributed by atoms with Gasteiger partial charge in [0.25, 0.3) is 5.91 Å². The normalized spacial score (nSPS) is 17.4. The number of rotatable bonds is 6. The van der Waals surface area contributed by atoms with E-state index >= 15 is 0 Å². The molecule has 1 aliphatic heterocycles. The highest BCUT2D eigenvalue weighted by molar-refractivity contribution is 5.92. The Bertz CT molecular complexity index is 718. The maximum Gasteiger partial charge on any atom is 0.274 e. The Morgan fingerprint density at radius 1 is 1.44 bits per heavy atom. The monoisotopic (exact) mass is 347 g/mol. The molecule has 8 nitrogen and oxygen atoms in total. The molecular formula is C17H21N3O5. The number of nitrogens with one attached hydrogen (secondary N) is 1. The lowest BCUT2D eigenvalue weighted by molar-refractivity contribution is -0.0186. The molecule has 1 aliphatic rings. The van der Waals surface area contributed by atoms with Gasteiger partial charge >= 0.3 is 0 Å². The summed E-state index contributed by atoms with van der Waals surface area (Å²) >= 11 is 0. The van der Waals surface area contributed by atoms with Crippen LogP contribution in [-0.4, -0.2) is 65.6 Å². The average molecular weight is 347 g/mol. The molecule has 0 bridgehead atoms. The topological polar surface area (TPSA) is 96.9 Å². The molecule has 0 radical (unpaired) electrons. The summed E-state index contributed by atoms with van der Waals surface area (Å²) < 4.78 is 16.2. The third-order valence-electron chi connectivity index (χ3n) is 4.00. The summed E-state index contributed by atoms with van der Waals surface area (Å²) in [5, 5.41) is 16.3. The van der Waals surface area contributed by atoms with Gasteiger partial charge in [0, 0.05) is 6.54 Å². The molecule has 1 atom stereocenters. The SMILES string of the molecule is COc1ccccc1OCc1cc(C(=O)N2CCOC[C@H]2CO)n[nH]1. The number of carbonyl (C=O) groups excluding carboxylic acids is 1. The first-order chi connectivity index (χ1) is 12.2. The number of hydrogen-bond donors (Lipinski definition) is 2. The second kappa shape index (κ2) is 8.00. The van der Waals surface area contributed by atoms with Crippen LogP contribution in [0.25, 0.3) is 0 Å². The van der Waals surface area contributed by atoms with Crippen molar-refractivity contribution in [2.45, 2.75) is 12.6 Å². The van der Waals surface area contributed by atoms with Crippen molar-refractivity contribution in [2.24, 2.45) is 0 Å². The van der Waals surface area contributed by atoms with E-state index in [-0.39, 0.29) is 25.2 Å². The van der Waals surface area contributed by atoms with Crippen LogP contribution < -0.4 is 9.47 Å². The zero-order chi connectivity index (χ0) is 17.6. The number of ether oxygens (including phenoxy) is 3. The predicted octanol–water partition coefficient (Wildman–Crippen LogP) is 0.831. The predicted molar refractivity (Wildman–Crippen MR) is 88.6 cm³/mol. The third-order valence-corrected chi connectivity index (χ3v) is 4.00. The molecule has 3 rings (SSSR count). The molecule has 1 aromatic carbocycles. The number of morpholine rings is 1. The molecule has 0 spiro atoms. The van der Waals surface area contributed by atoms with E-state index in [1.165, 1.54) is 0 Å². The van der Waals surface area contributed by atoms with Crippen LogP contribution in [0.15, 0.2) is 30.3 Å². The smallest absolute Gasteiger partial charge is 0.274 e. The number of methoxy groups -OCH3 is 1. The standard InChI is InChI=1S/C17H21N3O5/c1-23-15-4-2-3-5-16(15)25-10-12-8-14(19-18-12)17(22)20-6-7-24-11-13(20)9-21/h2-5,8,13,21H,6-7,9-11H2,1H3,(H,18,19)/t13-/m1/s1. The summed E-state index contributed by atoms with van der Waals surface area (Å²) in [7, 11) is 1.58. The second-order valence-electron chi connectivity index (χ2n) is 5.63. The molecule has 0 saturated carbocycles. The Hall–Kier alpha value is -2.58. The summed E-state index contributed by atoms with van der Waals surface area (Å²) in [6.07, 6.45) is 0. The number of H-pyrrole nitrogens is 1. The summed E-state index contributed by atoms with van der Waals surface area (Å²) in [6.45, 7) is 1.31. The number of aromatic amines is 1. The molecule has 134 valence electrons. The van der Waals surface area contributed by atoms with Crippen molar-refractivity contribution in [1.82, 2.24) is 15.1 Å². The van der Waals surface area contributed by atoms with E-state index < -0.39 is 0 Å². The van der Waals surface area contributed by atoms with Gasteiger partial charge in [-0.05, 0) is 18.2 Å². The molecule has 2 N–H and O–H groups in total. The fraction of sp³-hybridized carbons (Fsp3) is 0.412. The largest absolute Gasteiger partial charge is 0.493 e. The minimum atomic E-state index is -0.341. The van der Waals surface area contributed by atoms with Crippen molar-refractivity contribution >= 4 is 5.91 Å². The van der Waals surface area contributed by atoms with Crippen LogP contribution in [0, 0.1) is 0 Å². The van der Waals surface area contributed by atoms with Gasteiger partial charge in [-0.3, -0.25) is 9.89 Å². The summed E-state index contributed by atoms with van der Waals surface area (Å²) in [4.78, 5) is 14.2. The van der Waals surface area contributed by atoms with E-state index in [2.05, 4.69) is 10.2 Å². The number of nitrogens with zero attached hydrogens (tertiary/aromatic N) is 2. The second-order valence-corrected chi connectivity index (χ2v) is 5.63. The number of hydrogen-bond acceptors (Lipinski definition) is 6. The Kier molecular flexibility index (Phi) is 5.52. The first kappa shape index (κ1) is 17.2. The zero-order valence-corrected chi connectivity index (χ0v) is 14.0. The van der Waals surface area contributed by atoms with E-state index in [0.717, 1.165) is 0 Å². The fourth-order valence-electron chi connectivity index (χ4n) is 2.66. The Morgan fingerprint density at radius 2 is 2.24 bits per heavy atom. The van der Waals surface area contributed by atoms with Gasteiger partial charge in [-0.15, -0.1) is 0 Å². The lowest BCUT2D eigenvalue weighted by Gasteiger charge is -2.33. The summed E-state index contributed by atoms with van der Waals surface area (Å²) in [5.74, 6) is 1.01. The molecule has 2 aromatic rings. The number of carbonyl (C=O) groups is 1. The van der Waals surface area contributed by atoms with Gasteiger partial charge in [-0.2, -0.15) is 5.10 Å². The lowest BCUT2D eigenvalue weighted by Crippen LogP contribution is -2.50. The molecule has 0 unspecified atom stereocenters. The molecule has 8 heteroatoms. The molecular weight excluding hydrogens is 326 g/mol. The van der Waals surface area contributed by atoms with Crippen molar-refractivity contribution in [1.29, 1.82) is 0 Å². The van der Waals surface area contributed by atoms with E-state index in [4.69, 9.17) is 14.2 Å². The highest BCUT2D eigenvalue weighted by Crippen LogP contribution is 2.26. The summed E-state index contributed by atoms with van der Waals surface area (Å²) in [5.41, 5.74) is 0.960. The molecule has 2 heterocycles. The lowest BCUT2D eigenvalue weighted by atomic mass is 10.2. The van der Waals surface area contributed by atoms with Crippen molar-refractivity contribution in [2.75, 3.05) is 33.5 Å². The van der Waals surface area contributed by atoms with E-state index in [9.17, 15) is 9.90 Å². The molecule has 1 amide bonds. The highest BCUT2D eigenvalue weighted by Gasteiger charge is 2.28. The van der Waals surface area contributed by atoms with E-state index in [0.29, 0.717) is 42.6 Å². The molecule has 25 heavy (non-hydrogen) atoms. The van der Waals surface area contributed by atoms with Gasteiger partial charge in [-0.1, -0.05) is 12.1 Å². The van der Waals surface area contributed by atoms with Crippen molar-refractivity contribution in [3.05, 3.63) is 41.7 Å². The molecule has 0 aliphatic carbocycles. The first-order valence-electron chi connectivity index (χ1n) is 8.02. The Balaban J connectivity index is 1.64. The number of aromatic nitrogens is 2. The zero-order valence-electron chi connectivity index (χ0n) is 14.0. The molecule has 1 saturated heterocycles. The number of benzene rings is 1. The van der Waals surface area contributed by atoms with Crippen LogP contribution in [0.3, 0.4) is 0 Å². The first-order valence-corrected chi connectivity index (χ1v) is 8.02. The fourth-order valence-corrected chi connectivity index (χ4v) is 2.66. The third kappa shape index (κ3) is 3.92. The van der Waals surface area contributed by atoms with Crippen molar-refractivity contribution in [3.63, 3.8) is 0 Å². The number of para-hydroxylation sites is 2. The van der Waals surface area contributed by atoms with Gasteiger partial charge in [0.15, 0.2) is 17.2 Å². The highest BCUT2D eigenvalue weighted by atomic mass is 16.5. The van der Waals surface area contributed by atoms with Gasteiger partial charge in [-0.25, -0.2) is 0 Å². The van der Waals surface area contributed by atoms with Crippen LogP contribution in [0.5, 0.6) is 11.5 Å². The van der Waals surface area contributed by atoms with E-state index in [1.807, 2.05) is 18.2 Å². The molecule has 1 fully saturated rings. The van der Waals surface area contributed by atoms with Crippen molar-refractivity contribution < 1.29 is 24.1 Å². The van der Waals surface area contributed by atoms with Crippen LogP contribution >= 0.6 is 0 Å². The number of aliphatic hydroxyl groups excluding tert-OH is 1. The minimum absolute atomic E-state index is 0.139. The number of amides is 1. The summed E-state index contributed by atoms with van der Waals surface area (Å²) in [6, 6.07) is 8.64. The van der Waals surface area contributed by atoms with Crippen LogP contribution in [0.4, 0.5) is 0 Å². The van der Waals surface area contributed by atoms with Gasteiger partial charge in [0.2, 0.25) is 0 Å². The quantitative estimate of drug-likeness (QED) is 0.803.